The van der Waals surface area contributed by atoms with Gasteiger partial charge >= 0.3 is 0 Å². The van der Waals surface area contributed by atoms with E-state index >= 15 is 0 Å². The van der Waals surface area contributed by atoms with E-state index in [2.05, 4.69) is 0 Å². The minimum absolute atomic E-state index is 0.202. The van der Waals surface area contributed by atoms with Crippen LogP contribution in [0.5, 0.6) is 0 Å². The summed E-state index contributed by atoms with van der Waals surface area (Å²) >= 11 is 0. The molecule has 0 atom stereocenters. The molecule has 0 bridgehead atoms. The number of hydrogen-bond donors (Lipinski definition) is 4. The lowest BCUT2D eigenvalue weighted by molar-refractivity contribution is -0.129. The van der Waals surface area contributed by atoms with Crippen LogP contribution in [0.25, 0.3) is 0 Å². The van der Waals surface area contributed by atoms with Crippen LogP contribution in [0, 0.1) is 0 Å². The summed E-state index contributed by atoms with van der Waals surface area (Å²) in [5.41, 5.74) is 3.56. The van der Waals surface area contributed by atoms with E-state index < -0.39 is 5.91 Å². The molecular weight excluding hydrogens is 174 g/mol. The molecule has 13 heavy (non-hydrogen) atoms. The Labute approximate surface area is 76.4 Å². The first-order chi connectivity index (χ1) is 6.20. The van der Waals surface area contributed by atoms with Crippen molar-refractivity contribution in [2.75, 3.05) is 0 Å². The highest BCUT2D eigenvalue weighted by Gasteiger charge is 2.00. The van der Waals surface area contributed by atoms with Gasteiger partial charge in [-0.1, -0.05) is 6.42 Å². The summed E-state index contributed by atoms with van der Waals surface area (Å²) < 4.78 is 0. The standard InChI is InChI=1S/C7H15N3O3/c8-9-6(11)4-2-1-3-5-7(12)10-13/h13H,1-5,8H2,(H,9,11)(H,10,12). The molecule has 2 amide bonds. The van der Waals surface area contributed by atoms with Crippen LogP contribution in [0.4, 0.5) is 0 Å². The predicted molar refractivity (Wildman–Crippen MR) is 45.3 cm³/mol. The van der Waals surface area contributed by atoms with Crippen molar-refractivity contribution in [3.05, 3.63) is 0 Å². The predicted octanol–water partition coefficient (Wildman–Crippen LogP) is -0.568. The van der Waals surface area contributed by atoms with Crippen molar-refractivity contribution in [2.45, 2.75) is 32.1 Å². The zero-order chi connectivity index (χ0) is 10.1. The fraction of sp³-hybridized carbons (Fsp3) is 0.714. The van der Waals surface area contributed by atoms with Crippen molar-refractivity contribution in [2.24, 2.45) is 5.84 Å². The van der Waals surface area contributed by atoms with Gasteiger partial charge in [-0.25, -0.2) is 11.3 Å². The van der Waals surface area contributed by atoms with Crippen molar-refractivity contribution in [3.8, 4) is 0 Å². The number of amides is 2. The normalized spacial score (nSPS) is 9.38. The maximum absolute atomic E-state index is 10.6. The van der Waals surface area contributed by atoms with Gasteiger partial charge in [0, 0.05) is 12.8 Å². The second-order valence-corrected chi connectivity index (χ2v) is 2.66. The number of nitrogens with two attached hydrogens (primary N) is 1. The molecule has 6 heteroatoms. The molecule has 0 aliphatic carbocycles. The summed E-state index contributed by atoms with van der Waals surface area (Å²) in [5.74, 6) is 4.26. The van der Waals surface area contributed by atoms with E-state index in [9.17, 15) is 9.59 Å². The van der Waals surface area contributed by atoms with Gasteiger partial charge in [-0.15, -0.1) is 0 Å². The Bertz CT molecular complexity index is 154. The number of nitrogens with one attached hydrogen (secondary N) is 2. The molecule has 0 aromatic rings. The molecule has 0 aliphatic heterocycles. The van der Waals surface area contributed by atoms with E-state index in [4.69, 9.17) is 11.0 Å². The Hall–Kier alpha value is -1.14. The number of hydrazine groups is 1. The van der Waals surface area contributed by atoms with E-state index in [0.29, 0.717) is 19.3 Å². The molecule has 0 spiro atoms. The van der Waals surface area contributed by atoms with Crippen molar-refractivity contribution in [1.82, 2.24) is 10.9 Å². The molecule has 5 N–H and O–H groups in total. The monoisotopic (exact) mass is 189 g/mol. The molecule has 76 valence electrons. The Morgan fingerprint density at radius 3 is 2.08 bits per heavy atom. The van der Waals surface area contributed by atoms with Gasteiger partial charge in [0.05, 0.1) is 0 Å². The van der Waals surface area contributed by atoms with Gasteiger partial charge in [0.2, 0.25) is 11.8 Å². The third kappa shape index (κ3) is 7.23. The lowest BCUT2D eigenvalue weighted by Crippen LogP contribution is -2.29. The van der Waals surface area contributed by atoms with Crippen LogP contribution in [0.2, 0.25) is 0 Å². The minimum atomic E-state index is -0.400. The van der Waals surface area contributed by atoms with Crippen molar-refractivity contribution >= 4 is 11.8 Å². The molecule has 0 heterocycles. The van der Waals surface area contributed by atoms with E-state index in [0.717, 1.165) is 6.42 Å². The summed E-state index contributed by atoms with van der Waals surface area (Å²) in [7, 11) is 0. The largest absolute Gasteiger partial charge is 0.294 e. The topological polar surface area (TPSA) is 104 Å². The van der Waals surface area contributed by atoms with Crippen molar-refractivity contribution < 1.29 is 14.8 Å². The molecule has 0 unspecified atom stereocenters. The number of carbonyl (C=O) groups excluding carboxylic acids is 2. The number of rotatable bonds is 6. The Kier molecular flexibility index (Phi) is 6.85. The molecule has 0 fully saturated rings. The molecule has 0 aliphatic rings. The molecule has 0 saturated heterocycles. The Morgan fingerprint density at radius 1 is 1.08 bits per heavy atom. The molecule has 6 nitrogen and oxygen atoms in total. The van der Waals surface area contributed by atoms with Crippen LogP contribution in [-0.2, 0) is 9.59 Å². The minimum Gasteiger partial charge on any atom is -0.294 e. The maximum Gasteiger partial charge on any atom is 0.243 e. The zero-order valence-corrected chi connectivity index (χ0v) is 7.38. The fourth-order valence-electron chi connectivity index (χ4n) is 0.876. The van der Waals surface area contributed by atoms with E-state index in [1.54, 1.807) is 0 Å². The van der Waals surface area contributed by atoms with Gasteiger partial charge < -0.3 is 0 Å². The number of carbonyl (C=O) groups is 2. The first-order valence-corrected chi connectivity index (χ1v) is 4.13. The van der Waals surface area contributed by atoms with Crippen LogP contribution in [0.1, 0.15) is 32.1 Å². The van der Waals surface area contributed by atoms with Gasteiger partial charge in [0.15, 0.2) is 0 Å². The Morgan fingerprint density at radius 2 is 1.62 bits per heavy atom. The van der Waals surface area contributed by atoms with Crippen LogP contribution < -0.4 is 16.7 Å². The van der Waals surface area contributed by atoms with Gasteiger partial charge in [-0.3, -0.25) is 20.2 Å². The summed E-state index contributed by atoms with van der Waals surface area (Å²) in [4.78, 5) is 21.1. The van der Waals surface area contributed by atoms with Crippen LogP contribution in [0.15, 0.2) is 0 Å². The quantitative estimate of drug-likeness (QED) is 0.148. The molecule has 0 rings (SSSR count). The number of hydroxylamine groups is 1. The van der Waals surface area contributed by atoms with Crippen LogP contribution >= 0.6 is 0 Å². The molecular formula is C7H15N3O3. The molecule has 0 saturated carbocycles. The summed E-state index contributed by atoms with van der Waals surface area (Å²) in [6, 6.07) is 0. The van der Waals surface area contributed by atoms with Gasteiger partial charge in [0.1, 0.15) is 0 Å². The van der Waals surface area contributed by atoms with Gasteiger partial charge in [-0.05, 0) is 12.8 Å². The van der Waals surface area contributed by atoms with E-state index in [-0.39, 0.29) is 12.3 Å². The lowest BCUT2D eigenvalue weighted by Gasteiger charge is -1.99. The third-order valence-electron chi connectivity index (χ3n) is 1.59. The second kappa shape index (κ2) is 7.51. The van der Waals surface area contributed by atoms with Crippen LogP contribution in [-0.4, -0.2) is 17.0 Å². The molecule has 0 radical (unpaired) electrons. The van der Waals surface area contributed by atoms with E-state index in [1.807, 2.05) is 5.43 Å². The summed E-state index contributed by atoms with van der Waals surface area (Å²) in [6.07, 6.45) is 2.77. The maximum atomic E-state index is 10.6. The van der Waals surface area contributed by atoms with Crippen molar-refractivity contribution in [1.29, 1.82) is 0 Å². The SMILES string of the molecule is NNC(=O)CCCCCC(=O)NO. The second-order valence-electron chi connectivity index (χ2n) is 2.66. The Balaban J connectivity index is 3.17. The van der Waals surface area contributed by atoms with Crippen molar-refractivity contribution in [3.63, 3.8) is 0 Å². The fourth-order valence-corrected chi connectivity index (χ4v) is 0.876. The third-order valence-corrected chi connectivity index (χ3v) is 1.59. The van der Waals surface area contributed by atoms with Crippen LogP contribution in [0.3, 0.4) is 0 Å². The highest BCUT2D eigenvalue weighted by molar-refractivity contribution is 5.75. The zero-order valence-electron chi connectivity index (χ0n) is 7.38. The highest BCUT2D eigenvalue weighted by Crippen LogP contribution is 2.02. The first-order valence-electron chi connectivity index (χ1n) is 4.13. The van der Waals surface area contributed by atoms with E-state index in [1.165, 1.54) is 5.48 Å². The highest BCUT2D eigenvalue weighted by atomic mass is 16.5. The average molecular weight is 189 g/mol. The molecule has 0 aromatic carbocycles. The summed E-state index contributed by atoms with van der Waals surface area (Å²) in [5, 5.41) is 8.14. The average Bonchev–Trinajstić information content (AvgIpc) is 2.16. The lowest BCUT2D eigenvalue weighted by atomic mass is 10.1. The number of hydrogen-bond acceptors (Lipinski definition) is 4. The van der Waals surface area contributed by atoms with Gasteiger partial charge in [0.25, 0.3) is 0 Å². The van der Waals surface area contributed by atoms with Gasteiger partial charge in [-0.2, -0.15) is 0 Å². The first kappa shape index (κ1) is 11.9. The summed E-state index contributed by atoms with van der Waals surface area (Å²) in [6.45, 7) is 0. The number of unbranched alkanes of at least 4 members (excludes halogenated alkanes) is 2. The molecule has 0 aromatic heterocycles. The smallest absolute Gasteiger partial charge is 0.243 e.